The van der Waals surface area contributed by atoms with Crippen LogP contribution in [0.25, 0.3) is 0 Å². The Morgan fingerprint density at radius 1 is 1.00 bits per heavy atom. The number of hydrogen-bond acceptors (Lipinski definition) is 8. The zero-order valence-electron chi connectivity index (χ0n) is 18.4. The maximum Gasteiger partial charge on any atom is 0.414 e. The summed E-state index contributed by atoms with van der Waals surface area (Å²) < 4.78 is 31.9. The number of benzene rings is 2. The van der Waals surface area contributed by atoms with E-state index in [9.17, 15) is 9.59 Å². The molecule has 1 fully saturated rings. The van der Waals surface area contributed by atoms with E-state index in [1.165, 1.54) is 26.2 Å². The second-order valence-corrected chi connectivity index (χ2v) is 6.77. The normalized spacial score (nSPS) is 15.1. The molecule has 1 aliphatic rings. The summed E-state index contributed by atoms with van der Waals surface area (Å²) in [6, 6.07) is 10.2. The first-order chi connectivity index (χ1) is 15.5. The topological polar surface area (TPSA) is 105 Å². The SMILES string of the molecule is COc1ccc(OCC(=O)NCC2CN(c3cc(OC)c(OC)c(OC)c3)C(=O)O2)cc1. The van der Waals surface area contributed by atoms with Crippen LogP contribution in [0.2, 0.25) is 0 Å². The molecule has 0 spiro atoms. The van der Waals surface area contributed by atoms with Crippen LogP contribution in [-0.2, 0) is 9.53 Å². The highest BCUT2D eigenvalue weighted by atomic mass is 16.6. The molecule has 3 rings (SSSR count). The summed E-state index contributed by atoms with van der Waals surface area (Å²) in [6.45, 7) is 0.234. The van der Waals surface area contributed by atoms with Crippen LogP contribution < -0.4 is 33.9 Å². The first kappa shape index (κ1) is 22.9. The van der Waals surface area contributed by atoms with Crippen LogP contribution in [0.4, 0.5) is 10.5 Å². The molecule has 172 valence electrons. The Bertz CT molecular complexity index is 922. The second kappa shape index (κ2) is 10.5. The average molecular weight is 446 g/mol. The van der Waals surface area contributed by atoms with Gasteiger partial charge in [-0.15, -0.1) is 0 Å². The Morgan fingerprint density at radius 2 is 1.62 bits per heavy atom. The molecule has 0 aromatic heterocycles. The molecule has 2 amide bonds. The van der Waals surface area contributed by atoms with Gasteiger partial charge in [-0.1, -0.05) is 0 Å². The van der Waals surface area contributed by atoms with Crippen LogP contribution in [-0.4, -0.2) is 66.2 Å². The monoisotopic (exact) mass is 446 g/mol. The highest BCUT2D eigenvalue weighted by molar-refractivity contribution is 5.91. The van der Waals surface area contributed by atoms with E-state index in [4.69, 9.17) is 28.4 Å². The van der Waals surface area contributed by atoms with E-state index < -0.39 is 12.2 Å². The van der Waals surface area contributed by atoms with E-state index >= 15 is 0 Å². The Hall–Kier alpha value is -3.82. The van der Waals surface area contributed by atoms with Gasteiger partial charge in [0.05, 0.1) is 47.2 Å². The minimum atomic E-state index is -0.534. The second-order valence-electron chi connectivity index (χ2n) is 6.77. The number of nitrogens with one attached hydrogen (secondary N) is 1. The van der Waals surface area contributed by atoms with Gasteiger partial charge in [0.25, 0.3) is 5.91 Å². The summed E-state index contributed by atoms with van der Waals surface area (Å²) >= 11 is 0. The molecule has 0 radical (unpaired) electrons. The number of rotatable bonds is 10. The molecule has 2 aromatic rings. The summed E-state index contributed by atoms with van der Waals surface area (Å²) in [7, 11) is 6.06. The minimum Gasteiger partial charge on any atom is -0.497 e. The quantitative estimate of drug-likeness (QED) is 0.593. The van der Waals surface area contributed by atoms with Crippen molar-refractivity contribution in [1.82, 2.24) is 5.32 Å². The van der Waals surface area contributed by atoms with Crippen LogP contribution in [0.1, 0.15) is 0 Å². The fourth-order valence-corrected chi connectivity index (χ4v) is 3.16. The van der Waals surface area contributed by atoms with Gasteiger partial charge < -0.3 is 33.7 Å². The van der Waals surface area contributed by atoms with Crippen LogP contribution in [0.15, 0.2) is 36.4 Å². The molecule has 1 atom stereocenters. The summed E-state index contributed by atoms with van der Waals surface area (Å²) in [4.78, 5) is 25.9. The van der Waals surface area contributed by atoms with Gasteiger partial charge in [0, 0.05) is 12.1 Å². The number of anilines is 1. The average Bonchev–Trinajstić information content (AvgIpc) is 3.21. The number of ether oxygens (including phenoxy) is 6. The number of carbonyl (C=O) groups excluding carboxylic acids is 2. The maximum atomic E-state index is 12.4. The van der Waals surface area contributed by atoms with Crippen molar-refractivity contribution >= 4 is 17.7 Å². The lowest BCUT2D eigenvalue weighted by atomic mass is 10.2. The number of nitrogens with zero attached hydrogens (tertiary/aromatic N) is 1. The van der Waals surface area contributed by atoms with Crippen molar-refractivity contribution in [3.63, 3.8) is 0 Å². The third kappa shape index (κ3) is 5.26. The van der Waals surface area contributed by atoms with Crippen molar-refractivity contribution in [2.75, 3.05) is 53.0 Å². The molecule has 0 saturated carbocycles. The lowest BCUT2D eigenvalue weighted by Crippen LogP contribution is -2.37. The van der Waals surface area contributed by atoms with Crippen molar-refractivity contribution < 1.29 is 38.0 Å². The van der Waals surface area contributed by atoms with E-state index in [1.807, 2.05) is 0 Å². The van der Waals surface area contributed by atoms with Crippen LogP contribution >= 0.6 is 0 Å². The van der Waals surface area contributed by atoms with Gasteiger partial charge in [0.2, 0.25) is 5.75 Å². The lowest BCUT2D eigenvalue weighted by molar-refractivity contribution is -0.123. The molecule has 1 heterocycles. The Labute approximate surface area is 185 Å². The van der Waals surface area contributed by atoms with Crippen molar-refractivity contribution in [2.24, 2.45) is 0 Å². The minimum absolute atomic E-state index is 0.150. The Kier molecular flexibility index (Phi) is 7.48. The highest BCUT2D eigenvalue weighted by Crippen LogP contribution is 2.41. The molecule has 2 aromatic carbocycles. The first-order valence-electron chi connectivity index (χ1n) is 9.80. The number of amides is 2. The molecule has 1 N–H and O–H groups in total. The highest BCUT2D eigenvalue weighted by Gasteiger charge is 2.33. The van der Waals surface area contributed by atoms with E-state index in [0.717, 1.165) is 0 Å². The van der Waals surface area contributed by atoms with Gasteiger partial charge in [-0.05, 0) is 24.3 Å². The maximum absolute atomic E-state index is 12.4. The fraction of sp³-hybridized carbons (Fsp3) is 0.364. The molecule has 1 saturated heterocycles. The molecular formula is C22H26N2O8. The van der Waals surface area contributed by atoms with Crippen molar-refractivity contribution in [3.8, 4) is 28.7 Å². The van der Waals surface area contributed by atoms with Crippen LogP contribution in [0, 0.1) is 0 Å². The zero-order chi connectivity index (χ0) is 23.1. The zero-order valence-corrected chi connectivity index (χ0v) is 18.4. The third-order valence-corrected chi connectivity index (χ3v) is 4.79. The summed E-state index contributed by atoms with van der Waals surface area (Å²) in [5.41, 5.74) is 0.529. The Balaban J connectivity index is 1.54. The summed E-state index contributed by atoms with van der Waals surface area (Å²) in [6.07, 6.45) is -1.06. The standard InChI is InChI=1S/C22H26N2O8/c1-27-15-5-7-16(8-6-15)31-13-20(25)23-11-17-12-24(22(26)32-17)14-9-18(28-2)21(30-4)19(10-14)29-3/h5-10,17H,11-13H2,1-4H3,(H,23,25). The number of methoxy groups -OCH3 is 4. The molecule has 10 nitrogen and oxygen atoms in total. The van der Waals surface area contributed by atoms with Gasteiger partial charge in [-0.2, -0.15) is 0 Å². The van der Waals surface area contributed by atoms with Gasteiger partial charge in [-0.25, -0.2) is 4.79 Å². The number of hydrogen-bond donors (Lipinski definition) is 1. The molecule has 0 aliphatic carbocycles. The number of cyclic esters (lactones) is 1. The largest absolute Gasteiger partial charge is 0.497 e. The van der Waals surface area contributed by atoms with Crippen molar-refractivity contribution in [1.29, 1.82) is 0 Å². The number of carbonyl (C=O) groups is 2. The van der Waals surface area contributed by atoms with Gasteiger partial charge in [0.1, 0.15) is 17.6 Å². The fourth-order valence-electron chi connectivity index (χ4n) is 3.16. The Morgan fingerprint density at radius 3 is 2.19 bits per heavy atom. The predicted octanol–water partition coefficient (Wildman–Crippen LogP) is 2.24. The van der Waals surface area contributed by atoms with E-state index in [0.29, 0.717) is 34.4 Å². The van der Waals surface area contributed by atoms with Crippen LogP contribution in [0.5, 0.6) is 28.7 Å². The first-order valence-corrected chi connectivity index (χ1v) is 9.80. The summed E-state index contributed by atoms with van der Waals surface area (Å²) in [5.74, 6) is 2.17. The lowest BCUT2D eigenvalue weighted by Gasteiger charge is -2.18. The van der Waals surface area contributed by atoms with E-state index in [2.05, 4.69) is 5.32 Å². The third-order valence-electron chi connectivity index (χ3n) is 4.79. The van der Waals surface area contributed by atoms with Crippen LogP contribution in [0.3, 0.4) is 0 Å². The smallest absolute Gasteiger partial charge is 0.414 e. The molecule has 1 unspecified atom stereocenters. The predicted molar refractivity (Wildman–Crippen MR) is 115 cm³/mol. The van der Waals surface area contributed by atoms with Gasteiger partial charge in [-0.3, -0.25) is 9.69 Å². The van der Waals surface area contributed by atoms with E-state index in [1.54, 1.807) is 43.5 Å². The van der Waals surface area contributed by atoms with E-state index in [-0.39, 0.29) is 25.6 Å². The molecule has 10 heteroatoms. The van der Waals surface area contributed by atoms with Crippen molar-refractivity contribution in [2.45, 2.75) is 6.10 Å². The molecule has 1 aliphatic heterocycles. The van der Waals surface area contributed by atoms with Gasteiger partial charge >= 0.3 is 6.09 Å². The van der Waals surface area contributed by atoms with Crippen molar-refractivity contribution in [3.05, 3.63) is 36.4 Å². The molecular weight excluding hydrogens is 420 g/mol. The summed E-state index contributed by atoms with van der Waals surface area (Å²) in [5, 5.41) is 2.71. The van der Waals surface area contributed by atoms with Gasteiger partial charge in [0.15, 0.2) is 18.1 Å². The molecule has 32 heavy (non-hydrogen) atoms. The molecule has 0 bridgehead atoms.